The third kappa shape index (κ3) is 4.90. The zero-order valence-corrected chi connectivity index (χ0v) is 16.6. The van der Waals surface area contributed by atoms with Crippen molar-refractivity contribution in [2.75, 3.05) is 33.0 Å². The number of nitrogens with zero attached hydrogens (tertiary/aromatic N) is 1. The van der Waals surface area contributed by atoms with Crippen molar-refractivity contribution in [1.82, 2.24) is 4.90 Å². The van der Waals surface area contributed by atoms with Crippen molar-refractivity contribution >= 4 is 17.7 Å². The molecule has 2 aliphatic rings. The summed E-state index contributed by atoms with van der Waals surface area (Å²) in [5.41, 5.74) is 1.69. The van der Waals surface area contributed by atoms with Crippen LogP contribution in [0.4, 0.5) is 4.79 Å². The lowest BCUT2D eigenvalue weighted by Gasteiger charge is -2.37. The maximum atomic E-state index is 12.7. The van der Waals surface area contributed by atoms with Gasteiger partial charge in [-0.25, -0.2) is 4.79 Å². The van der Waals surface area contributed by atoms with Gasteiger partial charge in [-0.3, -0.25) is 4.90 Å². The molecule has 0 spiro atoms. The van der Waals surface area contributed by atoms with Gasteiger partial charge >= 0.3 is 6.09 Å². The topological polar surface area (TPSA) is 48.0 Å². The fourth-order valence-electron chi connectivity index (χ4n) is 3.51. The predicted molar refractivity (Wildman–Crippen MR) is 101 cm³/mol. The first kappa shape index (κ1) is 19.5. The quantitative estimate of drug-likeness (QED) is 0.754. The summed E-state index contributed by atoms with van der Waals surface area (Å²) in [6.07, 6.45) is 1.69. The van der Waals surface area contributed by atoms with Gasteiger partial charge in [0.05, 0.1) is 19.3 Å². The van der Waals surface area contributed by atoms with E-state index in [1.807, 2.05) is 32.9 Å². The van der Waals surface area contributed by atoms with Crippen LogP contribution in [0, 0.1) is 0 Å². The highest BCUT2D eigenvalue weighted by Crippen LogP contribution is 2.34. The number of carbonyl (C=O) groups is 1. The average molecular weight is 382 g/mol. The number of rotatable bonds is 2. The van der Waals surface area contributed by atoms with Gasteiger partial charge in [-0.1, -0.05) is 17.7 Å². The van der Waals surface area contributed by atoms with Gasteiger partial charge in [0.2, 0.25) is 0 Å². The Hall–Kier alpha value is -1.30. The molecule has 3 rings (SSSR count). The number of amides is 1. The van der Waals surface area contributed by atoms with E-state index >= 15 is 0 Å². The molecule has 0 aromatic heterocycles. The van der Waals surface area contributed by atoms with E-state index in [1.165, 1.54) is 5.56 Å². The second-order valence-electron chi connectivity index (χ2n) is 7.97. The molecule has 2 heterocycles. The maximum Gasteiger partial charge on any atom is 0.410 e. The first-order valence-electron chi connectivity index (χ1n) is 9.29. The summed E-state index contributed by atoms with van der Waals surface area (Å²) in [4.78, 5) is 14.4. The van der Waals surface area contributed by atoms with E-state index in [0.717, 1.165) is 31.6 Å². The molecule has 2 fully saturated rings. The van der Waals surface area contributed by atoms with E-state index < -0.39 is 5.60 Å². The molecule has 1 amide bonds. The van der Waals surface area contributed by atoms with Crippen LogP contribution in [-0.4, -0.2) is 49.6 Å². The molecule has 6 heteroatoms. The molecule has 26 heavy (non-hydrogen) atoms. The second-order valence-corrected chi connectivity index (χ2v) is 8.41. The number of benzene rings is 1. The monoisotopic (exact) mass is 381 g/mol. The van der Waals surface area contributed by atoms with Crippen LogP contribution in [-0.2, 0) is 14.2 Å². The van der Waals surface area contributed by atoms with Crippen LogP contribution in [0.2, 0.25) is 5.02 Å². The molecular formula is C20H28ClNO4. The molecule has 1 aromatic carbocycles. The van der Waals surface area contributed by atoms with Crippen molar-refractivity contribution < 1.29 is 19.0 Å². The molecule has 0 aliphatic carbocycles. The van der Waals surface area contributed by atoms with E-state index in [-0.39, 0.29) is 12.1 Å². The van der Waals surface area contributed by atoms with Gasteiger partial charge in [0.15, 0.2) is 0 Å². The summed E-state index contributed by atoms with van der Waals surface area (Å²) in [6, 6.07) is 5.94. The van der Waals surface area contributed by atoms with Crippen LogP contribution < -0.4 is 0 Å². The zero-order valence-electron chi connectivity index (χ0n) is 15.8. The zero-order chi connectivity index (χ0) is 18.7. The fraction of sp³-hybridized carbons (Fsp3) is 0.650. The first-order valence-corrected chi connectivity index (χ1v) is 9.67. The van der Waals surface area contributed by atoms with Crippen LogP contribution in [0.5, 0.6) is 0 Å². The number of ether oxygens (including phenoxy) is 3. The summed E-state index contributed by atoms with van der Waals surface area (Å²) in [5.74, 6) is 0.445. The molecule has 2 aliphatic heterocycles. The summed E-state index contributed by atoms with van der Waals surface area (Å²) >= 11 is 6.42. The Morgan fingerprint density at radius 2 is 1.81 bits per heavy atom. The predicted octanol–water partition coefficient (Wildman–Crippen LogP) is 4.54. The van der Waals surface area contributed by atoms with Crippen molar-refractivity contribution in [1.29, 1.82) is 0 Å². The minimum atomic E-state index is -0.526. The Kier molecular flexibility index (Phi) is 6.10. The molecule has 0 bridgehead atoms. The minimum absolute atomic E-state index is 0.184. The number of carbonyl (C=O) groups excluding carboxylic acids is 1. The lowest BCUT2D eigenvalue weighted by molar-refractivity contribution is -0.0331. The highest BCUT2D eigenvalue weighted by molar-refractivity contribution is 6.30. The fourth-order valence-corrected chi connectivity index (χ4v) is 3.77. The van der Waals surface area contributed by atoms with Crippen LogP contribution in [0.3, 0.4) is 0 Å². The number of hydrogen-bond donors (Lipinski definition) is 0. The Labute approximate surface area is 160 Å². The Bertz CT molecular complexity index is 637. The molecule has 144 valence electrons. The van der Waals surface area contributed by atoms with Gasteiger partial charge in [-0.05, 0) is 62.8 Å². The molecule has 1 aromatic rings. The average Bonchev–Trinajstić information content (AvgIpc) is 2.60. The number of halogens is 1. The maximum absolute atomic E-state index is 12.7. The standard InChI is InChI=1S/C20H28ClNO4/c1-20(2,3)26-19(23)22-6-9-25-13-18(22)16-10-15(11-17(21)12-16)14-4-7-24-8-5-14/h10-12,14,18H,4-9,13H2,1-3H3. The van der Waals surface area contributed by atoms with E-state index in [4.69, 9.17) is 25.8 Å². The molecule has 0 radical (unpaired) electrons. The van der Waals surface area contributed by atoms with E-state index in [2.05, 4.69) is 6.07 Å². The van der Waals surface area contributed by atoms with Gasteiger partial charge in [-0.2, -0.15) is 0 Å². The van der Waals surface area contributed by atoms with Crippen molar-refractivity contribution in [3.8, 4) is 0 Å². The molecular weight excluding hydrogens is 354 g/mol. The Balaban J connectivity index is 1.85. The second kappa shape index (κ2) is 8.15. The third-order valence-corrected chi connectivity index (χ3v) is 4.99. The minimum Gasteiger partial charge on any atom is -0.444 e. The highest BCUT2D eigenvalue weighted by atomic mass is 35.5. The van der Waals surface area contributed by atoms with Crippen LogP contribution in [0.15, 0.2) is 18.2 Å². The smallest absolute Gasteiger partial charge is 0.410 e. The SMILES string of the molecule is CC(C)(C)OC(=O)N1CCOCC1c1cc(Cl)cc(C2CCOCC2)c1. The third-order valence-electron chi connectivity index (χ3n) is 4.78. The van der Waals surface area contributed by atoms with Crippen LogP contribution >= 0.6 is 11.6 Å². The molecule has 1 atom stereocenters. The Morgan fingerprint density at radius 3 is 2.50 bits per heavy atom. The highest BCUT2D eigenvalue weighted by Gasteiger charge is 2.32. The van der Waals surface area contributed by atoms with E-state index in [1.54, 1.807) is 4.90 Å². The van der Waals surface area contributed by atoms with Crippen molar-refractivity contribution in [3.63, 3.8) is 0 Å². The van der Waals surface area contributed by atoms with Gasteiger partial charge < -0.3 is 14.2 Å². The molecule has 0 saturated carbocycles. The van der Waals surface area contributed by atoms with Gasteiger partial charge in [-0.15, -0.1) is 0 Å². The van der Waals surface area contributed by atoms with Crippen molar-refractivity contribution in [2.45, 2.75) is 51.2 Å². The van der Waals surface area contributed by atoms with E-state index in [0.29, 0.717) is 30.7 Å². The van der Waals surface area contributed by atoms with Gasteiger partial charge in [0.1, 0.15) is 5.60 Å². The van der Waals surface area contributed by atoms with E-state index in [9.17, 15) is 4.79 Å². The Morgan fingerprint density at radius 1 is 1.12 bits per heavy atom. The van der Waals surface area contributed by atoms with Gasteiger partial charge in [0.25, 0.3) is 0 Å². The summed E-state index contributed by atoms with van der Waals surface area (Å²) < 4.78 is 16.7. The van der Waals surface area contributed by atoms with Crippen LogP contribution in [0.25, 0.3) is 0 Å². The largest absolute Gasteiger partial charge is 0.444 e. The molecule has 1 unspecified atom stereocenters. The van der Waals surface area contributed by atoms with Gasteiger partial charge in [0, 0.05) is 24.8 Å². The lowest BCUT2D eigenvalue weighted by Crippen LogP contribution is -2.45. The first-order chi connectivity index (χ1) is 12.3. The van der Waals surface area contributed by atoms with Crippen molar-refractivity contribution in [3.05, 3.63) is 34.3 Å². The molecule has 0 N–H and O–H groups in total. The number of morpholine rings is 1. The molecule has 5 nitrogen and oxygen atoms in total. The summed E-state index contributed by atoms with van der Waals surface area (Å²) in [7, 11) is 0. The normalized spacial score (nSPS) is 22.3. The number of hydrogen-bond acceptors (Lipinski definition) is 4. The van der Waals surface area contributed by atoms with Crippen molar-refractivity contribution in [2.24, 2.45) is 0 Å². The summed E-state index contributed by atoms with van der Waals surface area (Å²) in [5, 5.41) is 0.693. The molecule has 2 saturated heterocycles. The lowest BCUT2D eigenvalue weighted by atomic mass is 9.89. The van der Waals surface area contributed by atoms with Crippen LogP contribution in [0.1, 0.15) is 56.7 Å². The summed E-state index contributed by atoms with van der Waals surface area (Å²) in [6.45, 7) is 8.68.